The largest absolute Gasteiger partial charge is 0.497 e. The number of ether oxygens (including phenoxy) is 4. The molecule has 7 aliphatic heterocycles. The van der Waals surface area contributed by atoms with Crippen molar-refractivity contribution in [3.05, 3.63) is 122 Å². The van der Waals surface area contributed by atoms with Crippen LogP contribution in [0.5, 0.6) is 5.75 Å². The van der Waals surface area contributed by atoms with E-state index >= 15 is 0 Å². The average molecular weight is 1590 g/mol. The molecule has 41 heteroatoms. The van der Waals surface area contributed by atoms with E-state index in [0.717, 1.165) is 48.5 Å². The number of allylic oxidation sites excluding steroid dienone is 1. The van der Waals surface area contributed by atoms with Gasteiger partial charge in [0.25, 0.3) is 28.8 Å². The normalized spacial score (nSPS) is 24.8. The third kappa shape index (κ3) is 21.4. The molecule has 0 radical (unpaired) electrons. The lowest BCUT2D eigenvalue weighted by Gasteiger charge is -2.42. The SMILES string of the molecule is COc1ccc(Cn2ncc(N[C@@H](C)CO[C@@H]3CCN([C@H]4CCN(c5ncc(C(F)(F)F)cn5)C[C@@H]4O)C3=O)c(C)c2=O)cc1.C[C@H](N)CO[C@@H]1CCN([C@H]2CCN(C3N=CC(C(F)(F)F)=CN3)C[C@@H]2O)C1=O.Cc1c(N[C@@H](C)CO[C@@H]2CCN([C@H]3CCN(c4ncc(C(F)(F)F)cn4)C[C@@H]3O)C2=O)cn[nH]c1=O.Cl.[HH]. The van der Waals surface area contributed by atoms with Crippen molar-refractivity contribution in [1.29, 1.82) is 0 Å². The summed E-state index contributed by atoms with van der Waals surface area (Å²) in [4.78, 5) is 92.3. The van der Waals surface area contributed by atoms with Crippen LogP contribution in [0.2, 0.25) is 0 Å². The van der Waals surface area contributed by atoms with Gasteiger partial charge in [0, 0.05) is 146 Å². The van der Waals surface area contributed by atoms with Crippen molar-refractivity contribution in [2.24, 2.45) is 10.7 Å². The second-order valence-electron chi connectivity index (χ2n) is 27.8. The summed E-state index contributed by atoms with van der Waals surface area (Å²) in [5.41, 5.74) is 5.50. The molecule has 110 heavy (non-hydrogen) atoms. The number of aliphatic imine (C=N–C) groups is 1. The molecule has 4 aromatic heterocycles. The van der Waals surface area contributed by atoms with Crippen molar-refractivity contribution in [2.45, 2.75) is 177 Å². The van der Waals surface area contributed by atoms with E-state index in [1.54, 1.807) is 63.5 Å². The third-order valence-corrected chi connectivity index (χ3v) is 19.7. The minimum absolute atomic E-state index is 0. The number of aliphatic hydroxyl groups is 3. The molecule has 1 unspecified atom stereocenters. The molecule has 9 N–H and O–H groups in total. The van der Waals surface area contributed by atoms with E-state index in [1.807, 2.05) is 38.1 Å². The van der Waals surface area contributed by atoms with Gasteiger partial charge in [-0.15, -0.1) is 12.4 Å². The smallest absolute Gasteiger partial charge is 0.419 e. The average Bonchev–Trinajstić information content (AvgIpc) is 1.65. The molecular weight excluding hydrogens is 1490 g/mol. The minimum Gasteiger partial charge on any atom is -0.497 e. The molecule has 0 saturated carbocycles. The summed E-state index contributed by atoms with van der Waals surface area (Å²) < 4.78 is 139. The van der Waals surface area contributed by atoms with Gasteiger partial charge in [-0.2, -0.15) is 49.7 Å². The maximum Gasteiger partial charge on any atom is 0.419 e. The Morgan fingerprint density at radius 2 is 1.04 bits per heavy atom. The predicted molar refractivity (Wildman–Crippen MR) is 385 cm³/mol. The zero-order valence-corrected chi connectivity index (χ0v) is 61.8. The first kappa shape index (κ1) is 85.1. The number of aromatic nitrogens is 8. The Hall–Kier alpha value is -8.90. The van der Waals surface area contributed by atoms with Crippen LogP contribution in [-0.2, 0) is 47.5 Å². The van der Waals surface area contributed by atoms with Crippen LogP contribution in [0.1, 0.15) is 88.5 Å². The molecule has 31 nitrogen and oxygen atoms in total. The number of amides is 3. The van der Waals surface area contributed by atoms with Crippen molar-refractivity contribution in [3.63, 3.8) is 0 Å². The Balaban J connectivity index is 0.000000213. The number of halogens is 10. The summed E-state index contributed by atoms with van der Waals surface area (Å²) in [5.74, 6) is 0.345. The highest BCUT2D eigenvalue weighted by molar-refractivity contribution is 5.86. The number of piperidine rings is 3. The highest BCUT2D eigenvalue weighted by atomic mass is 35.5. The maximum absolute atomic E-state index is 13.2. The number of β-amino-alcohol motifs (C(OH)–C–C–N with tert-alkyl or cyclic N) is 3. The molecule has 13 atom stereocenters. The fourth-order valence-electron chi connectivity index (χ4n) is 13.7. The standard InChI is InChI=1S/C30H36F3N7O5.C22H28F3N7O4.C17H26F3N5O3.ClH.H2/c1-18(37-23-14-36-40(27(42)19(23)2)15-20-4-6-22(44-3)7-5-20)17-45-26-9-11-39(28(26)43)24-8-10-38(16-25(24)41)29-34-12-21(13-35-29)30(31,32)33;1-12(29-15-9-28-30-19(34)13(15)2)11-36-18-4-6-32(20(18)35)16-3-5-31(10-17(16)33)21-26-7-14(8-27-21)22(23,24)25;1-10(21)9-28-14-3-5-25(15(14)27)12-2-4-24(8-13(12)26)16-22-6-11(7-23-16)17(18,19)20;;/h4-7,12-14,18,24-26,37,41H,8-11,15-17H2,1-3H3;7-9,12,16-18,33H,3-6,10-11H2,1-2H3,(H2,29,30,34);6-7,10,12-14,16,22,26H,2-5,8-9,21H2,1H3;2*1H/t18-,24-,25-,26+;12-,16-,17-,18+;10-,12-,13-,14+,16?;;/m000../s1. The van der Waals surface area contributed by atoms with Gasteiger partial charge in [-0.3, -0.25) is 33.9 Å². The van der Waals surface area contributed by atoms with E-state index < -0.39 is 90.2 Å². The van der Waals surface area contributed by atoms with Gasteiger partial charge in [0.1, 0.15) is 24.1 Å². The van der Waals surface area contributed by atoms with Gasteiger partial charge < -0.3 is 80.5 Å². The number of hydrogen-bond acceptors (Lipinski definition) is 26. The van der Waals surface area contributed by atoms with Crippen molar-refractivity contribution in [2.75, 3.05) is 106 Å². The number of H-pyrrole nitrogens is 1. The van der Waals surface area contributed by atoms with Crippen LogP contribution in [0.15, 0.2) is 87.8 Å². The maximum atomic E-state index is 13.2. The van der Waals surface area contributed by atoms with Crippen LogP contribution in [-0.4, -0.2) is 270 Å². The van der Waals surface area contributed by atoms with Crippen molar-refractivity contribution in [1.82, 2.24) is 64.8 Å². The number of alkyl halides is 9. The quantitative estimate of drug-likeness (QED) is 0.0456. The third-order valence-electron chi connectivity index (χ3n) is 19.7. The first-order valence-corrected chi connectivity index (χ1v) is 35.6. The highest BCUT2D eigenvalue weighted by Gasteiger charge is 2.46. The second kappa shape index (κ2) is 37.0. The lowest BCUT2D eigenvalue weighted by Crippen LogP contribution is -2.59. The summed E-state index contributed by atoms with van der Waals surface area (Å²) in [6, 6.07) is 5.59. The van der Waals surface area contributed by atoms with Crippen LogP contribution in [0.3, 0.4) is 0 Å². The fourth-order valence-corrected chi connectivity index (χ4v) is 13.7. The number of nitrogens with one attached hydrogen (secondary N) is 4. The Kier molecular flexibility index (Phi) is 28.6. The fraction of sp³-hybridized carbons (Fsp3) is 0.594. The molecule has 5 aromatic rings. The molecule has 0 aliphatic carbocycles. The lowest BCUT2D eigenvalue weighted by molar-refractivity contribution is -0.143. The Morgan fingerprint density at radius 3 is 1.45 bits per heavy atom. The van der Waals surface area contributed by atoms with Crippen LogP contribution in [0, 0.1) is 13.8 Å². The molecule has 6 fully saturated rings. The summed E-state index contributed by atoms with van der Waals surface area (Å²) in [6.45, 7) is 12.9. The summed E-state index contributed by atoms with van der Waals surface area (Å²) in [6.07, 6.45) is -8.23. The molecule has 606 valence electrons. The van der Waals surface area contributed by atoms with Crippen LogP contribution >= 0.6 is 12.4 Å². The molecule has 7 aliphatic rings. The van der Waals surface area contributed by atoms with E-state index in [2.05, 4.69) is 56.2 Å². The Bertz CT molecular complexity index is 4100. The number of aromatic amines is 1. The van der Waals surface area contributed by atoms with Crippen LogP contribution < -0.4 is 47.3 Å². The molecule has 3 amide bonds. The van der Waals surface area contributed by atoms with Gasteiger partial charge in [0.05, 0.1) is 110 Å². The second-order valence-corrected chi connectivity index (χ2v) is 27.8. The molecule has 6 saturated heterocycles. The first-order valence-electron chi connectivity index (χ1n) is 35.6. The van der Waals surface area contributed by atoms with Crippen molar-refractivity contribution < 1.29 is 89.6 Å². The predicted octanol–water partition coefficient (Wildman–Crippen LogP) is 3.88. The Labute approximate surface area is 633 Å². The number of anilines is 4. The van der Waals surface area contributed by atoms with Crippen molar-refractivity contribution in [3.8, 4) is 5.75 Å². The molecular formula is C69H93ClF9N19O12. The number of hydrogen-bond donors (Lipinski definition) is 8. The number of benzene rings is 1. The van der Waals surface area contributed by atoms with Gasteiger partial charge in [-0.05, 0) is 71.6 Å². The summed E-state index contributed by atoms with van der Waals surface area (Å²) in [7, 11) is 1.59. The zero-order chi connectivity index (χ0) is 78.8. The van der Waals surface area contributed by atoms with Crippen LogP contribution in [0.25, 0.3) is 0 Å². The van der Waals surface area contributed by atoms with Gasteiger partial charge in [-0.25, -0.2) is 29.7 Å². The van der Waals surface area contributed by atoms with E-state index in [0.29, 0.717) is 113 Å². The number of nitrogens with zero attached hydrogens (tertiary/aromatic N) is 14. The van der Waals surface area contributed by atoms with Crippen molar-refractivity contribution >= 4 is 59.6 Å². The molecule has 0 spiro atoms. The van der Waals surface area contributed by atoms with E-state index in [9.17, 15) is 78.8 Å². The topological polar surface area (TPSA) is 375 Å². The number of likely N-dealkylation sites (tertiary alicyclic amines) is 4. The van der Waals surface area contributed by atoms with E-state index in [4.69, 9.17) is 24.7 Å². The van der Waals surface area contributed by atoms with Crippen LogP contribution in [0.4, 0.5) is 62.8 Å². The number of carbonyl (C=O) groups is 3. The Morgan fingerprint density at radius 1 is 0.591 bits per heavy atom. The summed E-state index contributed by atoms with van der Waals surface area (Å²) >= 11 is 0. The number of aliphatic hydroxyl groups excluding tert-OH is 3. The van der Waals surface area contributed by atoms with Gasteiger partial charge in [-0.1, -0.05) is 12.1 Å². The zero-order valence-electron chi connectivity index (χ0n) is 61.0. The number of rotatable bonds is 22. The van der Waals surface area contributed by atoms with Gasteiger partial charge >= 0.3 is 18.5 Å². The summed E-state index contributed by atoms with van der Waals surface area (Å²) in [5, 5.41) is 51.6. The first-order chi connectivity index (χ1) is 51.6. The van der Waals surface area contributed by atoms with E-state index in [-0.39, 0.29) is 112 Å². The molecule has 11 heterocycles. The molecule has 12 rings (SSSR count). The monoisotopic (exact) mass is 1590 g/mol. The number of methoxy groups -OCH3 is 1. The lowest BCUT2D eigenvalue weighted by atomic mass is 10.0. The van der Waals surface area contributed by atoms with Gasteiger partial charge in [0.2, 0.25) is 11.9 Å². The minimum atomic E-state index is -4.53. The van der Waals surface area contributed by atoms with Gasteiger partial charge in [0.15, 0.2) is 6.29 Å². The highest BCUT2D eigenvalue weighted by Crippen LogP contribution is 2.34. The number of carbonyl (C=O) groups excluding carboxylic acids is 3. The van der Waals surface area contributed by atoms with E-state index in [1.165, 1.54) is 10.9 Å². The molecule has 0 bridgehead atoms. The number of nitrogens with two attached hydrogens (primary N) is 1. The molecule has 1 aromatic carbocycles.